The predicted octanol–water partition coefficient (Wildman–Crippen LogP) is 1.77. The van der Waals surface area contributed by atoms with Gasteiger partial charge < -0.3 is 14.9 Å². The molecule has 27 heavy (non-hydrogen) atoms. The third-order valence-corrected chi connectivity index (χ3v) is 6.16. The topological polar surface area (TPSA) is 90.8 Å². The summed E-state index contributed by atoms with van der Waals surface area (Å²) in [7, 11) is 1.68. The lowest BCUT2D eigenvalue weighted by Crippen LogP contribution is -2.57. The van der Waals surface area contributed by atoms with Gasteiger partial charge in [-0.1, -0.05) is 24.3 Å². The molecule has 7 nitrogen and oxygen atoms in total. The Labute approximate surface area is 156 Å². The molecular weight excluding hydrogens is 346 g/mol. The number of pyridine rings is 1. The number of aliphatic carboxylic acids is 1. The molecule has 1 aromatic heterocycles. The smallest absolute Gasteiger partial charge is 0.309 e. The molecule has 3 heterocycles. The van der Waals surface area contributed by atoms with Crippen LogP contribution in [-0.2, 0) is 9.59 Å². The second kappa shape index (κ2) is 6.33. The van der Waals surface area contributed by atoms with E-state index in [0.717, 1.165) is 10.8 Å². The molecule has 1 N–H and O–H groups in total. The Morgan fingerprint density at radius 1 is 1.19 bits per heavy atom. The first kappa shape index (κ1) is 17.5. The van der Waals surface area contributed by atoms with E-state index in [9.17, 15) is 19.5 Å². The molecule has 1 aromatic carbocycles. The maximum absolute atomic E-state index is 13.0. The van der Waals surface area contributed by atoms with Crippen LogP contribution in [0, 0.1) is 5.92 Å². The van der Waals surface area contributed by atoms with Crippen LogP contribution in [0.3, 0.4) is 0 Å². The summed E-state index contributed by atoms with van der Waals surface area (Å²) in [5.74, 6) is -1.95. The summed E-state index contributed by atoms with van der Waals surface area (Å²) in [6, 6.07) is 9.48. The van der Waals surface area contributed by atoms with Crippen molar-refractivity contribution in [2.24, 2.45) is 5.92 Å². The van der Waals surface area contributed by atoms with Gasteiger partial charge >= 0.3 is 5.97 Å². The van der Waals surface area contributed by atoms with Crippen LogP contribution >= 0.6 is 0 Å². The molecule has 7 heteroatoms. The average molecular weight is 367 g/mol. The molecule has 0 unspecified atom stereocenters. The second-order valence-electron chi connectivity index (χ2n) is 7.32. The lowest BCUT2D eigenvalue weighted by atomic mass is 9.77. The van der Waals surface area contributed by atoms with Gasteiger partial charge in [-0.25, -0.2) is 0 Å². The Morgan fingerprint density at radius 2 is 1.89 bits per heavy atom. The fourth-order valence-electron chi connectivity index (χ4n) is 4.52. The molecule has 2 fully saturated rings. The van der Waals surface area contributed by atoms with Crippen LogP contribution in [0.5, 0.6) is 0 Å². The number of carbonyl (C=O) groups excluding carboxylic acids is 2. The lowest BCUT2D eigenvalue weighted by Gasteiger charge is -2.45. The van der Waals surface area contributed by atoms with Crippen LogP contribution < -0.4 is 0 Å². The zero-order valence-corrected chi connectivity index (χ0v) is 15.1. The molecule has 0 aliphatic carbocycles. The summed E-state index contributed by atoms with van der Waals surface area (Å²) >= 11 is 0. The number of likely N-dealkylation sites (tertiary alicyclic amines) is 2. The van der Waals surface area contributed by atoms with E-state index >= 15 is 0 Å². The molecule has 4 rings (SSSR count). The number of carbonyl (C=O) groups is 3. The van der Waals surface area contributed by atoms with Gasteiger partial charge in [0.1, 0.15) is 5.69 Å². The van der Waals surface area contributed by atoms with E-state index in [1.54, 1.807) is 23.0 Å². The van der Waals surface area contributed by atoms with Gasteiger partial charge in [0.25, 0.3) is 5.91 Å². The van der Waals surface area contributed by atoms with Crippen molar-refractivity contribution in [3.63, 3.8) is 0 Å². The van der Waals surface area contributed by atoms with Gasteiger partial charge in [0, 0.05) is 38.1 Å². The van der Waals surface area contributed by atoms with Gasteiger partial charge in [-0.3, -0.25) is 19.4 Å². The zero-order chi connectivity index (χ0) is 19.2. The number of hydrogen-bond acceptors (Lipinski definition) is 4. The van der Waals surface area contributed by atoms with E-state index in [0.29, 0.717) is 31.6 Å². The Hall–Kier alpha value is -2.96. The number of amides is 2. The van der Waals surface area contributed by atoms with Crippen molar-refractivity contribution < 1.29 is 19.5 Å². The van der Waals surface area contributed by atoms with Crippen molar-refractivity contribution in [2.75, 3.05) is 20.1 Å². The summed E-state index contributed by atoms with van der Waals surface area (Å²) in [6.07, 6.45) is 2.58. The fourth-order valence-corrected chi connectivity index (χ4v) is 4.52. The van der Waals surface area contributed by atoms with E-state index in [1.807, 2.05) is 30.3 Å². The predicted molar refractivity (Wildman–Crippen MR) is 98.1 cm³/mol. The van der Waals surface area contributed by atoms with E-state index in [1.165, 1.54) is 0 Å². The minimum atomic E-state index is -0.941. The maximum Gasteiger partial charge on any atom is 0.309 e. The number of carboxylic acids is 1. The van der Waals surface area contributed by atoms with Crippen molar-refractivity contribution in [3.8, 4) is 0 Å². The first-order valence-corrected chi connectivity index (χ1v) is 9.06. The van der Waals surface area contributed by atoms with E-state index in [-0.39, 0.29) is 18.2 Å². The molecule has 2 aliphatic rings. The first-order valence-electron chi connectivity index (χ1n) is 9.06. The number of hydrogen-bond donors (Lipinski definition) is 1. The van der Waals surface area contributed by atoms with Gasteiger partial charge in [0.15, 0.2) is 0 Å². The molecule has 2 saturated heterocycles. The van der Waals surface area contributed by atoms with Gasteiger partial charge in [-0.2, -0.15) is 0 Å². The molecule has 0 radical (unpaired) electrons. The highest BCUT2D eigenvalue weighted by atomic mass is 16.4. The van der Waals surface area contributed by atoms with Crippen LogP contribution in [0.4, 0.5) is 0 Å². The Kier molecular flexibility index (Phi) is 4.09. The minimum Gasteiger partial charge on any atom is -0.481 e. The number of rotatable bonds is 2. The highest BCUT2D eigenvalue weighted by Gasteiger charge is 2.55. The summed E-state index contributed by atoms with van der Waals surface area (Å²) in [5, 5.41) is 11.3. The zero-order valence-electron chi connectivity index (χ0n) is 15.1. The van der Waals surface area contributed by atoms with Crippen molar-refractivity contribution in [3.05, 3.63) is 42.2 Å². The van der Waals surface area contributed by atoms with Crippen molar-refractivity contribution in [1.82, 2.24) is 14.8 Å². The van der Waals surface area contributed by atoms with Gasteiger partial charge in [-0.05, 0) is 24.3 Å². The largest absolute Gasteiger partial charge is 0.481 e. The Balaban J connectivity index is 1.58. The fraction of sp³-hybridized carbons (Fsp3) is 0.400. The van der Waals surface area contributed by atoms with Crippen LogP contribution in [0.25, 0.3) is 10.8 Å². The molecular formula is C20H21N3O4. The average Bonchev–Trinajstić information content (AvgIpc) is 2.93. The number of nitrogens with zero attached hydrogens (tertiary/aromatic N) is 3. The number of carboxylic acid groups (broad SMARTS) is 1. The Bertz CT molecular complexity index is 928. The van der Waals surface area contributed by atoms with Crippen molar-refractivity contribution >= 4 is 28.6 Å². The summed E-state index contributed by atoms with van der Waals surface area (Å²) in [5.41, 5.74) is -0.291. The monoisotopic (exact) mass is 367 g/mol. The van der Waals surface area contributed by atoms with Gasteiger partial charge in [0.2, 0.25) is 5.91 Å². The maximum atomic E-state index is 13.0. The Morgan fingerprint density at radius 3 is 2.59 bits per heavy atom. The number of fused-ring (bicyclic) bond motifs is 1. The van der Waals surface area contributed by atoms with Gasteiger partial charge in [-0.15, -0.1) is 0 Å². The standard InChI is InChI=1S/C20H21N3O4/c1-22-16(24)12-15(19(26)27)20(22)7-10-23(11-8-20)18(25)17-14-5-3-2-4-13(14)6-9-21-17/h2-6,9,15H,7-8,10-12H2,1H3,(H,26,27)/t15-/m0/s1. The molecule has 2 aromatic rings. The molecule has 1 atom stereocenters. The summed E-state index contributed by atoms with van der Waals surface area (Å²) in [6.45, 7) is 0.816. The lowest BCUT2D eigenvalue weighted by molar-refractivity contribution is -0.145. The van der Waals surface area contributed by atoms with E-state index < -0.39 is 17.4 Å². The van der Waals surface area contributed by atoms with Crippen molar-refractivity contribution in [2.45, 2.75) is 24.8 Å². The summed E-state index contributed by atoms with van der Waals surface area (Å²) in [4.78, 5) is 44.4. The number of piperidine rings is 1. The first-order chi connectivity index (χ1) is 12.9. The highest BCUT2D eigenvalue weighted by Crippen LogP contribution is 2.43. The van der Waals surface area contributed by atoms with E-state index in [4.69, 9.17) is 0 Å². The molecule has 2 aliphatic heterocycles. The van der Waals surface area contributed by atoms with Gasteiger partial charge in [0.05, 0.1) is 11.5 Å². The molecule has 0 saturated carbocycles. The van der Waals surface area contributed by atoms with Crippen LogP contribution in [-0.4, -0.2) is 63.4 Å². The quantitative estimate of drug-likeness (QED) is 0.874. The third kappa shape index (κ3) is 2.65. The number of aromatic nitrogens is 1. The normalized spacial score (nSPS) is 21.8. The molecule has 2 amide bonds. The van der Waals surface area contributed by atoms with E-state index in [2.05, 4.69) is 4.98 Å². The van der Waals surface area contributed by atoms with Crippen LogP contribution in [0.2, 0.25) is 0 Å². The van der Waals surface area contributed by atoms with Crippen LogP contribution in [0.15, 0.2) is 36.5 Å². The third-order valence-electron chi connectivity index (χ3n) is 6.16. The SMILES string of the molecule is CN1C(=O)C[C@@H](C(=O)O)C12CCN(C(=O)c1nccc3ccccc13)CC2. The van der Waals surface area contributed by atoms with Crippen molar-refractivity contribution in [1.29, 1.82) is 0 Å². The highest BCUT2D eigenvalue weighted by molar-refractivity contribution is 6.05. The number of benzene rings is 1. The summed E-state index contributed by atoms with van der Waals surface area (Å²) < 4.78 is 0. The molecule has 1 spiro atoms. The molecule has 140 valence electrons. The minimum absolute atomic E-state index is 0.0324. The molecule has 0 bridgehead atoms. The second-order valence-corrected chi connectivity index (χ2v) is 7.32. The van der Waals surface area contributed by atoms with Crippen LogP contribution in [0.1, 0.15) is 29.8 Å².